The third-order valence-corrected chi connectivity index (χ3v) is 7.31. The number of carbonyl (C=O) groups is 1. The van der Waals surface area contributed by atoms with E-state index < -0.39 is 22.5 Å². The highest BCUT2D eigenvalue weighted by Gasteiger charge is 2.28. The van der Waals surface area contributed by atoms with E-state index in [2.05, 4.69) is 5.32 Å². The number of nitrogens with one attached hydrogen (secondary N) is 1. The van der Waals surface area contributed by atoms with Crippen LogP contribution in [0.2, 0.25) is 5.02 Å². The van der Waals surface area contributed by atoms with Crippen molar-refractivity contribution in [3.05, 3.63) is 77.3 Å². The summed E-state index contributed by atoms with van der Waals surface area (Å²) in [6, 6.07) is 17.9. The molecule has 0 atom stereocenters. The topological polar surface area (TPSA) is 94.2 Å². The van der Waals surface area contributed by atoms with Crippen LogP contribution in [0.15, 0.2) is 71.6 Å². The maximum absolute atomic E-state index is 13.4. The van der Waals surface area contributed by atoms with Gasteiger partial charge in [-0.25, -0.2) is 8.42 Å². The first-order chi connectivity index (χ1) is 16.8. The van der Waals surface area contributed by atoms with Crippen LogP contribution in [0.4, 0.5) is 5.69 Å². The SMILES string of the molecule is COc1ccc(N(CC(=O)NCCOc2ccc(C)c(Cl)c2)S(=O)(=O)c2ccccc2)cc1OC. The molecule has 0 heterocycles. The van der Waals surface area contributed by atoms with Gasteiger partial charge in [0.2, 0.25) is 5.91 Å². The average molecular weight is 519 g/mol. The largest absolute Gasteiger partial charge is 0.493 e. The summed E-state index contributed by atoms with van der Waals surface area (Å²) in [5, 5.41) is 3.28. The van der Waals surface area contributed by atoms with Crippen LogP contribution in [-0.2, 0) is 14.8 Å². The minimum Gasteiger partial charge on any atom is -0.493 e. The maximum Gasteiger partial charge on any atom is 0.264 e. The third-order valence-electron chi connectivity index (χ3n) is 5.11. The summed E-state index contributed by atoms with van der Waals surface area (Å²) in [7, 11) is -1.11. The summed E-state index contributed by atoms with van der Waals surface area (Å²) in [6.07, 6.45) is 0. The van der Waals surface area contributed by atoms with Gasteiger partial charge in [0.15, 0.2) is 11.5 Å². The van der Waals surface area contributed by atoms with Gasteiger partial charge in [-0.05, 0) is 48.9 Å². The predicted molar refractivity (Wildman–Crippen MR) is 135 cm³/mol. The van der Waals surface area contributed by atoms with Crippen molar-refractivity contribution in [2.45, 2.75) is 11.8 Å². The molecule has 0 fully saturated rings. The van der Waals surface area contributed by atoms with E-state index in [0.29, 0.717) is 22.3 Å². The van der Waals surface area contributed by atoms with E-state index >= 15 is 0 Å². The Balaban J connectivity index is 1.75. The Labute approximate surface area is 210 Å². The number of hydrogen-bond donors (Lipinski definition) is 1. The Morgan fingerprint density at radius 2 is 1.69 bits per heavy atom. The third kappa shape index (κ3) is 6.58. The average Bonchev–Trinajstić information content (AvgIpc) is 2.87. The maximum atomic E-state index is 13.4. The summed E-state index contributed by atoms with van der Waals surface area (Å²) in [6.45, 7) is 1.81. The number of rotatable bonds is 11. The second kappa shape index (κ2) is 11.8. The predicted octanol–water partition coefficient (Wildman–Crippen LogP) is 4.06. The van der Waals surface area contributed by atoms with E-state index in [1.54, 1.807) is 42.5 Å². The quantitative estimate of drug-likeness (QED) is 0.385. The van der Waals surface area contributed by atoms with Gasteiger partial charge in [0, 0.05) is 11.1 Å². The Bertz CT molecular complexity index is 1270. The second-order valence-corrected chi connectivity index (χ2v) is 9.74. The molecule has 1 N–H and O–H groups in total. The minimum absolute atomic E-state index is 0.0576. The monoisotopic (exact) mass is 518 g/mol. The van der Waals surface area contributed by atoms with Crippen molar-refractivity contribution < 1.29 is 27.4 Å². The molecule has 3 rings (SSSR count). The van der Waals surface area contributed by atoms with Crippen LogP contribution in [0.5, 0.6) is 17.2 Å². The van der Waals surface area contributed by atoms with Crippen LogP contribution in [-0.4, -0.2) is 48.2 Å². The number of halogens is 1. The molecule has 3 aromatic carbocycles. The number of amides is 1. The molecule has 0 aliphatic rings. The fraction of sp³-hybridized carbons (Fsp3) is 0.240. The first kappa shape index (κ1) is 26.2. The molecule has 0 radical (unpaired) electrons. The summed E-state index contributed by atoms with van der Waals surface area (Å²) >= 11 is 6.10. The van der Waals surface area contributed by atoms with E-state index in [4.69, 9.17) is 25.8 Å². The van der Waals surface area contributed by atoms with Crippen molar-refractivity contribution in [2.24, 2.45) is 0 Å². The lowest BCUT2D eigenvalue weighted by Crippen LogP contribution is -2.41. The number of nitrogens with zero attached hydrogens (tertiary/aromatic N) is 1. The zero-order chi connectivity index (χ0) is 25.4. The van der Waals surface area contributed by atoms with Gasteiger partial charge < -0.3 is 19.5 Å². The van der Waals surface area contributed by atoms with E-state index in [1.807, 2.05) is 13.0 Å². The standard InChI is InChI=1S/C25H27ClN2O6S/c1-18-9-11-20(16-22(18)26)34-14-13-27-25(29)17-28(35(30,31)21-7-5-4-6-8-21)19-10-12-23(32-2)24(15-19)33-3/h4-12,15-16H,13-14,17H2,1-3H3,(H,27,29). The van der Waals surface area contributed by atoms with Crippen molar-refractivity contribution in [1.29, 1.82) is 0 Å². The van der Waals surface area contributed by atoms with Crippen molar-refractivity contribution >= 4 is 33.2 Å². The fourth-order valence-electron chi connectivity index (χ4n) is 3.22. The number of ether oxygens (including phenoxy) is 3. The lowest BCUT2D eigenvalue weighted by molar-refractivity contribution is -0.119. The summed E-state index contributed by atoms with van der Waals surface area (Å²) in [4.78, 5) is 12.8. The van der Waals surface area contributed by atoms with Crippen LogP contribution in [0.1, 0.15) is 5.56 Å². The minimum atomic E-state index is -4.05. The van der Waals surface area contributed by atoms with E-state index in [0.717, 1.165) is 9.87 Å². The van der Waals surface area contributed by atoms with Gasteiger partial charge in [-0.2, -0.15) is 0 Å². The number of methoxy groups -OCH3 is 2. The highest BCUT2D eigenvalue weighted by molar-refractivity contribution is 7.92. The van der Waals surface area contributed by atoms with Crippen molar-refractivity contribution in [3.63, 3.8) is 0 Å². The summed E-state index contributed by atoms with van der Waals surface area (Å²) in [5.41, 5.74) is 1.19. The summed E-state index contributed by atoms with van der Waals surface area (Å²) < 4.78 is 44.1. The first-order valence-corrected chi connectivity index (χ1v) is 12.5. The molecule has 0 aromatic heterocycles. The molecule has 3 aromatic rings. The number of hydrogen-bond acceptors (Lipinski definition) is 6. The van der Waals surface area contributed by atoms with Crippen molar-refractivity contribution in [3.8, 4) is 17.2 Å². The molecule has 0 saturated carbocycles. The fourth-order valence-corrected chi connectivity index (χ4v) is 4.83. The number of anilines is 1. The lowest BCUT2D eigenvalue weighted by Gasteiger charge is -2.25. The van der Waals surface area contributed by atoms with Gasteiger partial charge >= 0.3 is 0 Å². The van der Waals surface area contributed by atoms with Crippen molar-refractivity contribution in [2.75, 3.05) is 38.2 Å². The normalized spacial score (nSPS) is 11.0. The van der Waals surface area contributed by atoms with Crippen LogP contribution in [0.3, 0.4) is 0 Å². The highest BCUT2D eigenvalue weighted by Crippen LogP contribution is 2.33. The van der Waals surface area contributed by atoms with Crippen LogP contribution in [0.25, 0.3) is 0 Å². The van der Waals surface area contributed by atoms with Crippen LogP contribution < -0.4 is 23.8 Å². The molecule has 10 heteroatoms. The lowest BCUT2D eigenvalue weighted by atomic mass is 10.2. The van der Waals surface area contributed by atoms with E-state index in [9.17, 15) is 13.2 Å². The highest BCUT2D eigenvalue weighted by atomic mass is 35.5. The molecule has 0 spiro atoms. The first-order valence-electron chi connectivity index (χ1n) is 10.7. The number of aryl methyl sites for hydroxylation is 1. The van der Waals surface area contributed by atoms with Gasteiger partial charge in [0.1, 0.15) is 18.9 Å². The Morgan fingerprint density at radius 1 is 0.971 bits per heavy atom. The smallest absolute Gasteiger partial charge is 0.264 e. The summed E-state index contributed by atoms with van der Waals surface area (Å²) in [5.74, 6) is 0.855. The van der Waals surface area contributed by atoms with Gasteiger partial charge in [-0.3, -0.25) is 9.10 Å². The molecule has 0 unspecified atom stereocenters. The molecule has 0 saturated heterocycles. The Morgan fingerprint density at radius 3 is 2.34 bits per heavy atom. The van der Waals surface area contributed by atoms with E-state index in [1.165, 1.54) is 32.4 Å². The number of sulfonamides is 1. The molecule has 0 aliphatic heterocycles. The molecule has 0 bridgehead atoms. The zero-order valence-electron chi connectivity index (χ0n) is 19.7. The van der Waals surface area contributed by atoms with Gasteiger partial charge in [-0.1, -0.05) is 35.9 Å². The number of benzene rings is 3. The molecule has 1 amide bonds. The van der Waals surface area contributed by atoms with Gasteiger partial charge in [0.25, 0.3) is 10.0 Å². The number of carbonyl (C=O) groups excluding carboxylic acids is 1. The van der Waals surface area contributed by atoms with Crippen LogP contribution in [0, 0.1) is 6.92 Å². The zero-order valence-corrected chi connectivity index (χ0v) is 21.2. The molecular weight excluding hydrogens is 492 g/mol. The molecule has 35 heavy (non-hydrogen) atoms. The van der Waals surface area contributed by atoms with Crippen LogP contribution >= 0.6 is 11.6 Å². The molecule has 8 nitrogen and oxygen atoms in total. The molecule has 186 valence electrons. The molecule has 0 aliphatic carbocycles. The van der Waals surface area contributed by atoms with E-state index in [-0.39, 0.29) is 23.7 Å². The Hall–Kier alpha value is -3.43. The van der Waals surface area contributed by atoms with Gasteiger partial charge in [-0.15, -0.1) is 0 Å². The second-order valence-electron chi connectivity index (χ2n) is 7.47. The molecular formula is C25H27ClN2O6S. The Kier molecular flexibility index (Phi) is 8.84. The van der Waals surface area contributed by atoms with Crippen molar-refractivity contribution in [1.82, 2.24) is 5.32 Å². The van der Waals surface area contributed by atoms with Gasteiger partial charge in [0.05, 0.1) is 31.3 Å².